The van der Waals surface area contributed by atoms with Crippen molar-refractivity contribution in [3.8, 4) is 0 Å². The molecule has 21 heavy (non-hydrogen) atoms. The molecule has 0 saturated carbocycles. The summed E-state index contributed by atoms with van der Waals surface area (Å²) in [5, 5.41) is 3.75. The molecule has 3 nitrogen and oxygen atoms in total. The highest BCUT2D eigenvalue weighted by molar-refractivity contribution is 5.37. The van der Waals surface area contributed by atoms with Crippen LogP contribution in [0, 0.1) is 0 Å². The lowest BCUT2D eigenvalue weighted by Gasteiger charge is -2.36. The number of benzene rings is 1. The van der Waals surface area contributed by atoms with Crippen LogP contribution in [-0.2, 0) is 6.42 Å². The highest BCUT2D eigenvalue weighted by Crippen LogP contribution is 2.37. The SMILES string of the molecule is CCNC1c2ccccc2CC1N1CCCC1CN(C)C. The Balaban J connectivity index is 1.81. The highest BCUT2D eigenvalue weighted by Gasteiger charge is 2.40. The molecule has 0 bridgehead atoms. The summed E-state index contributed by atoms with van der Waals surface area (Å²) in [4.78, 5) is 5.13. The Bertz CT molecular complexity index is 471. The van der Waals surface area contributed by atoms with E-state index in [0.717, 1.165) is 12.6 Å². The molecule has 1 aliphatic heterocycles. The molecule has 0 amide bonds. The second-order valence-corrected chi connectivity index (χ2v) is 6.80. The average molecular weight is 287 g/mol. The smallest absolute Gasteiger partial charge is 0.0484 e. The average Bonchev–Trinajstić information content (AvgIpc) is 3.03. The van der Waals surface area contributed by atoms with Gasteiger partial charge in [-0.2, -0.15) is 0 Å². The number of hydrogen-bond donors (Lipinski definition) is 1. The minimum Gasteiger partial charge on any atom is -0.309 e. The Morgan fingerprint density at radius 1 is 1.29 bits per heavy atom. The quantitative estimate of drug-likeness (QED) is 0.896. The van der Waals surface area contributed by atoms with Crippen LogP contribution in [0.25, 0.3) is 0 Å². The second-order valence-electron chi connectivity index (χ2n) is 6.80. The Morgan fingerprint density at radius 3 is 2.86 bits per heavy atom. The lowest BCUT2D eigenvalue weighted by Crippen LogP contribution is -2.48. The fourth-order valence-corrected chi connectivity index (χ4v) is 4.26. The van der Waals surface area contributed by atoms with Gasteiger partial charge in [0, 0.05) is 24.7 Å². The lowest BCUT2D eigenvalue weighted by molar-refractivity contribution is 0.131. The zero-order valence-corrected chi connectivity index (χ0v) is 13.7. The fourth-order valence-electron chi connectivity index (χ4n) is 4.26. The summed E-state index contributed by atoms with van der Waals surface area (Å²) in [7, 11) is 4.39. The van der Waals surface area contributed by atoms with Gasteiger partial charge in [-0.3, -0.25) is 4.90 Å². The van der Waals surface area contributed by atoms with Crippen LogP contribution in [-0.4, -0.2) is 55.6 Å². The minimum absolute atomic E-state index is 0.508. The number of rotatable bonds is 5. The normalized spacial score (nSPS) is 29.2. The summed E-state index contributed by atoms with van der Waals surface area (Å²) in [6.45, 7) is 5.71. The maximum atomic E-state index is 3.75. The molecule has 1 aliphatic carbocycles. The van der Waals surface area contributed by atoms with Crippen LogP contribution in [0.15, 0.2) is 24.3 Å². The van der Waals surface area contributed by atoms with Crippen LogP contribution in [0.1, 0.15) is 36.9 Å². The summed E-state index contributed by atoms with van der Waals surface area (Å²) in [5.41, 5.74) is 3.07. The number of nitrogens with zero attached hydrogens (tertiary/aromatic N) is 2. The van der Waals surface area contributed by atoms with Gasteiger partial charge in [0.1, 0.15) is 0 Å². The third-order valence-electron chi connectivity index (χ3n) is 5.05. The molecule has 1 aromatic carbocycles. The molecule has 1 aromatic rings. The first kappa shape index (κ1) is 15.0. The first-order valence-electron chi connectivity index (χ1n) is 8.42. The molecule has 0 spiro atoms. The predicted octanol–water partition coefficient (Wildman–Crippen LogP) is 2.29. The Hall–Kier alpha value is -0.900. The van der Waals surface area contributed by atoms with Crippen molar-refractivity contribution < 1.29 is 0 Å². The summed E-state index contributed by atoms with van der Waals surface area (Å²) in [5.74, 6) is 0. The van der Waals surface area contributed by atoms with Gasteiger partial charge in [-0.25, -0.2) is 0 Å². The zero-order chi connectivity index (χ0) is 14.8. The first-order valence-corrected chi connectivity index (χ1v) is 8.42. The maximum absolute atomic E-state index is 3.75. The first-order chi connectivity index (χ1) is 10.2. The van der Waals surface area contributed by atoms with Crippen LogP contribution in [0.2, 0.25) is 0 Å². The van der Waals surface area contributed by atoms with Crippen molar-refractivity contribution >= 4 is 0 Å². The molecule has 3 atom stereocenters. The number of likely N-dealkylation sites (N-methyl/N-ethyl adjacent to an activating group) is 2. The van der Waals surface area contributed by atoms with E-state index in [9.17, 15) is 0 Å². The van der Waals surface area contributed by atoms with E-state index in [4.69, 9.17) is 0 Å². The van der Waals surface area contributed by atoms with Crippen molar-refractivity contribution in [3.63, 3.8) is 0 Å². The van der Waals surface area contributed by atoms with Crippen molar-refractivity contribution in [3.05, 3.63) is 35.4 Å². The van der Waals surface area contributed by atoms with Crippen LogP contribution in [0.5, 0.6) is 0 Å². The van der Waals surface area contributed by atoms with Crippen molar-refractivity contribution in [1.29, 1.82) is 0 Å². The van der Waals surface area contributed by atoms with Gasteiger partial charge in [0.2, 0.25) is 0 Å². The second kappa shape index (κ2) is 6.47. The molecule has 1 heterocycles. The molecule has 0 radical (unpaired) electrons. The molecule has 3 rings (SSSR count). The van der Waals surface area contributed by atoms with Crippen molar-refractivity contribution in [2.75, 3.05) is 33.7 Å². The third-order valence-corrected chi connectivity index (χ3v) is 5.05. The highest BCUT2D eigenvalue weighted by atomic mass is 15.3. The zero-order valence-electron chi connectivity index (χ0n) is 13.7. The van der Waals surface area contributed by atoms with E-state index in [2.05, 4.69) is 60.4 Å². The van der Waals surface area contributed by atoms with Crippen LogP contribution in [0.4, 0.5) is 0 Å². The van der Waals surface area contributed by atoms with E-state index < -0.39 is 0 Å². The molecule has 3 unspecified atom stereocenters. The van der Waals surface area contributed by atoms with Gasteiger partial charge < -0.3 is 10.2 Å². The van der Waals surface area contributed by atoms with Crippen molar-refractivity contribution in [2.24, 2.45) is 0 Å². The third kappa shape index (κ3) is 3.01. The molecular formula is C18H29N3. The standard InChI is InChI=1S/C18H29N3/c1-4-19-18-16-10-6-5-8-14(16)12-17(18)21-11-7-9-15(21)13-20(2)3/h5-6,8,10,15,17-19H,4,7,9,11-13H2,1-3H3. The van der Waals surface area contributed by atoms with E-state index in [1.165, 1.54) is 37.9 Å². The van der Waals surface area contributed by atoms with E-state index in [1.54, 1.807) is 5.56 Å². The molecule has 0 aromatic heterocycles. The van der Waals surface area contributed by atoms with Gasteiger partial charge in [0.15, 0.2) is 0 Å². The van der Waals surface area contributed by atoms with E-state index in [0.29, 0.717) is 12.1 Å². The number of likely N-dealkylation sites (tertiary alicyclic amines) is 1. The predicted molar refractivity (Wildman–Crippen MR) is 88.6 cm³/mol. The summed E-state index contributed by atoms with van der Waals surface area (Å²) in [6.07, 6.45) is 3.91. The molecular weight excluding hydrogens is 258 g/mol. The van der Waals surface area contributed by atoms with Crippen LogP contribution < -0.4 is 5.32 Å². The topological polar surface area (TPSA) is 18.5 Å². The van der Waals surface area contributed by atoms with Crippen molar-refractivity contribution in [1.82, 2.24) is 15.1 Å². The van der Waals surface area contributed by atoms with E-state index in [1.807, 2.05) is 0 Å². The number of hydrogen-bond acceptors (Lipinski definition) is 3. The fraction of sp³-hybridized carbons (Fsp3) is 0.667. The number of nitrogens with one attached hydrogen (secondary N) is 1. The van der Waals surface area contributed by atoms with Gasteiger partial charge in [0.05, 0.1) is 0 Å². The Kier molecular flexibility index (Phi) is 4.63. The van der Waals surface area contributed by atoms with E-state index in [-0.39, 0.29) is 0 Å². The van der Waals surface area contributed by atoms with Gasteiger partial charge in [-0.1, -0.05) is 31.2 Å². The summed E-state index contributed by atoms with van der Waals surface area (Å²) < 4.78 is 0. The van der Waals surface area contributed by atoms with Crippen LogP contribution >= 0.6 is 0 Å². The number of fused-ring (bicyclic) bond motifs is 1. The van der Waals surface area contributed by atoms with Gasteiger partial charge in [0.25, 0.3) is 0 Å². The lowest BCUT2D eigenvalue weighted by atomic mass is 10.0. The molecule has 1 fully saturated rings. The molecule has 3 heteroatoms. The minimum atomic E-state index is 0.508. The summed E-state index contributed by atoms with van der Waals surface area (Å²) in [6, 6.07) is 10.9. The molecule has 116 valence electrons. The monoisotopic (exact) mass is 287 g/mol. The molecule has 1 N–H and O–H groups in total. The van der Waals surface area contributed by atoms with Crippen molar-refractivity contribution in [2.45, 2.75) is 44.3 Å². The van der Waals surface area contributed by atoms with E-state index >= 15 is 0 Å². The summed E-state index contributed by atoms with van der Waals surface area (Å²) >= 11 is 0. The molecule has 2 aliphatic rings. The maximum Gasteiger partial charge on any atom is 0.0484 e. The molecule has 1 saturated heterocycles. The van der Waals surface area contributed by atoms with Gasteiger partial charge in [-0.05, 0) is 57.6 Å². The van der Waals surface area contributed by atoms with Crippen LogP contribution in [0.3, 0.4) is 0 Å². The van der Waals surface area contributed by atoms with Gasteiger partial charge in [-0.15, -0.1) is 0 Å². The van der Waals surface area contributed by atoms with Gasteiger partial charge >= 0.3 is 0 Å². The largest absolute Gasteiger partial charge is 0.309 e. The Morgan fingerprint density at radius 2 is 2.10 bits per heavy atom. The Labute approximate surface area is 129 Å².